The summed E-state index contributed by atoms with van der Waals surface area (Å²) < 4.78 is 0. The van der Waals surface area contributed by atoms with Crippen LogP contribution in [0.3, 0.4) is 0 Å². The third kappa shape index (κ3) is 4.84. The Balaban J connectivity index is 2.79. The number of para-hydroxylation sites is 1. The number of nitrogens with zero attached hydrogens (tertiary/aromatic N) is 3. The van der Waals surface area contributed by atoms with Gasteiger partial charge in [0.05, 0.1) is 19.2 Å². The molecule has 0 aliphatic carbocycles. The minimum absolute atomic E-state index is 0.00387. The van der Waals surface area contributed by atoms with E-state index in [0.29, 0.717) is 18.8 Å². The molecule has 0 aliphatic heterocycles. The van der Waals surface area contributed by atoms with E-state index in [0.717, 1.165) is 0 Å². The second-order valence-corrected chi connectivity index (χ2v) is 4.22. The lowest BCUT2D eigenvalue weighted by molar-refractivity contribution is -0.119. The lowest BCUT2D eigenvalue weighted by Crippen LogP contribution is -2.41. The summed E-state index contributed by atoms with van der Waals surface area (Å²) in [6, 6.07) is 11.1. The van der Waals surface area contributed by atoms with Crippen LogP contribution in [0.5, 0.6) is 0 Å². The molecular formula is C15H19N3O2. The summed E-state index contributed by atoms with van der Waals surface area (Å²) in [5.74, 6) is -0.173. The van der Waals surface area contributed by atoms with Crippen LogP contribution in [0.25, 0.3) is 0 Å². The van der Waals surface area contributed by atoms with Crippen molar-refractivity contribution in [2.24, 2.45) is 0 Å². The summed E-state index contributed by atoms with van der Waals surface area (Å²) in [4.78, 5) is 15.5. The van der Waals surface area contributed by atoms with Gasteiger partial charge in [0.15, 0.2) is 0 Å². The molecule has 0 atom stereocenters. The van der Waals surface area contributed by atoms with Gasteiger partial charge in [0.25, 0.3) is 0 Å². The number of amides is 1. The van der Waals surface area contributed by atoms with Crippen molar-refractivity contribution in [2.75, 3.05) is 37.7 Å². The Kier molecular flexibility index (Phi) is 7.04. The smallest absolute Gasteiger partial charge is 0.242 e. The van der Waals surface area contributed by atoms with E-state index in [2.05, 4.69) is 6.58 Å². The number of aliphatic hydroxyl groups excluding tert-OH is 1. The van der Waals surface area contributed by atoms with E-state index in [4.69, 9.17) is 10.4 Å². The molecule has 1 rings (SSSR count). The predicted octanol–water partition coefficient (Wildman–Crippen LogP) is 1.02. The first-order valence-electron chi connectivity index (χ1n) is 6.39. The molecule has 1 aromatic carbocycles. The summed E-state index contributed by atoms with van der Waals surface area (Å²) in [6.45, 7) is 4.66. The molecule has 0 heterocycles. The van der Waals surface area contributed by atoms with Crippen molar-refractivity contribution in [2.45, 2.75) is 0 Å². The van der Waals surface area contributed by atoms with Crippen molar-refractivity contribution in [3.05, 3.63) is 43.0 Å². The second-order valence-electron chi connectivity index (χ2n) is 4.22. The summed E-state index contributed by atoms with van der Waals surface area (Å²) in [7, 11) is 0. The molecule has 1 aromatic rings. The van der Waals surface area contributed by atoms with Crippen molar-refractivity contribution in [3.63, 3.8) is 0 Å². The van der Waals surface area contributed by atoms with Crippen molar-refractivity contribution in [1.29, 1.82) is 5.26 Å². The minimum atomic E-state index is -0.173. The van der Waals surface area contributed by atoms with Crippen LogP contribution in [0.4, 0.5) is 5.69 Å². The first-order chi connectivity index (χ1) is 9.72. The minimum Gasteiger partial charge on any atom is -0.395 e. The van der Waals surface area contributed by atoms with E-state index in [1.165, 1.54) is 4.90 Å². The van der Waals surface area contributed by atoms with Crippen molar-refractivity contribution in [1.82, 2.24) is 4.90 Å². The van der Waals surface area contributed by atoms with E-state index in [1.54, 1.807) is 23.1 Å². The van der Waals surface area contributed by atoms with Crippen LogP contribution in [0.15, 0.2) is 43.0 Å². The van der Waals surface area contributed by atoms with Crippen LogP contribution < -0.4 is 4.90 Å². The number of carbonyl (C=O) groups excluding carboxylic acids is 1. The van der Waals surface area contributed by atoms with Crippen molar-refractivity contribution in [3.8, 4) is 6.07 Å². The molecule has 5 nitrogen and oxygen atoms in total. The zero-order chi connectivity index (χ0) is 14.8. The Hall–Kier alpha value is -2.16. The van der Waals surface area contributed by atoms with Crippen LogP contribution in [-0.2, 0) is 4.79 Å². The quantitative estimate of drug-likeness (QED) is 0.567. The largest absolute Gasteiger partial charge is 0.395 e. The highest BCUT2D eigenvalue weighted by atomic mass is 16.3. The zero-order valence-electron chi connectivity index (χ0n) is 11.4. The summed E-state index contributed by atoms with van der Waals surface area (Å²) in [6.07, 6.45) is 1.68. The van der Waals surface area contributed by atoms with Crippen LogP contribution in [0.1, 0.15) is 0 Å². The van der Waals surface area contributed by atoms with E-state index in [1.807, 2.05) is 24.3 Å². The van der Waals surface area contributed by atoms with Crippen molar-refractivity contribution < 1.29 is 9.90 Å². The average molecular weight is 273 g/mol. The first kappa shape index (κ1) is 15.9. The Morgan fingerprint density at radius 2 is 2.10 bits per heavy atom. The van der Waals surface area contributed by atoms with Gasteiger partial charge in [0.2, 0.25) is 5.91 Å². The van der Waals surface area contributed by atoms with Gasteiger partial charge in [-0.15, -0.1) is 6.58 Å². The van der Waals surface area contributed by atoms with Crippen LogP contribution in [0.2, 0.25) is 0 Å². The molecule has 0 fully saturated rings. The fourth-order valence-corrected chi connectivity index (χ4v) is 1.84. The van der Waals surface area contributed by atoms with Crippen LogP contribution in [0, 0.1) is 11.3 Å². The topological polar surface area (TPSA) is 67.6 Å². The maximum Gasteiger partial charge on any atom is 0.242 e. The molecule has 0 spiro atoms. The van der Waals surface area contributed by atoms with Crippen LogP contribution in [-0.4, -0.2) is 48.7 Å². The number of nitriles is 1. The Morgan fingerprint density at radius 1 is 1.40 bits per heavy atom. The first-order valence-corrected chi connectivity index (χ1v) is 6.39. The SMILES string of the molecule is C=CCN(CCO)CC(=O)N(CC#N)c1ccccc1. The van der Waals surface area contributed by atoms with Gasteiger partial charge in [-0.3, -0.25) is 14.6 Å². The third-order valence-electron chi connectivity index (χ3n) is 2.76. The van der Waals surface area contributed by atoms with Gasteiger partial charge in [-0.05, 0) is 12.1 Å². The lowest BCUT2D eigenvalue weighted by atomic mass is 10.2. The molecule has 0 aromatic heterocycles. The monoisotopic (exact) mass is 273 g/mol. The third-order valence-corrected chi connectivity index (χ3v) is 2.76. The maximum atomic E-state index is 12.3. The molecule has 0 radical (unpaired) electrons. The molecule has 0 bridgehead atoms. The molecule has 1 N–H and O–H groups in total. The normalized spacial score (nSPS) is 10.1. The Bertz CT molecular complexity index is 468. The number of aliphatic hydroxyl groups is 1. The zero-order valence-corrected chi connectivity index (χ0v) is 11.4. The number of carbonyl (C=O) groups is 1. The van der Waals surface area contributed by atoms with E-state index >= 15 is 0 Å². The molecule has 0 aliphatic rings. The van der Waals surface area contributed by atoms with Crippen LogP contribution >= 0.6 is 0 Å². The highest BCUT2D eigenvalue weighted by Gasteiger charge is 2.17. The molecule has 1 amide bonds. The van der Waals surface area contributed by atoms with Gasteiger partial charge in [-0.25, -0.2) is 0 Å². The number of rotatable bonds is 8. The molecule has 0 unspecified atom stereocenters. The molecule has 0 saturated carbocycles. The molecule has 5 heteroatoms. The van der Waals surface area contributed by atoms with Gasteiger partial charge in [-0.1, -0.05) is 24.3 Å². The van der Waals surface area contributed by atoms with E-state index < -0.39 is 0 Å². The number of hydrogen-bond acceptors (Lipinski definition) is 4. The van der Waals surface area contributed by atoms with Crippen molar-refractivity contribution >= 4 is 11.6 Å². The summed E-state index contributed by atoms with van der Waals surface area (Å²) in [5, 5.41) is 17.9. The highest BCUT2D eigenvalue weighted by molar-refractivity contribution is 5.95. The van der Waals surface area contributed by atoms with E-state index in [-0.39, 0.29) is 25.6 Å². The fraction of sp³-hybridized carbons (Fsp3) is 0.333. The Morgan fingerprint density at radius 3 is 2.65 bits per heavy atom. The molecular weight excluding hydrogens is 254 g/mol. The molecule has 106 valence electrons. The number of benzene rings is 1. The van der Waals surface area contributed by atoms with Gasteiger partial charge in [0.1, 0.15) is 6.54 Å². The lowest BCUT2D eigenvalue weighted by Gasteiger charge is -2.24. The fourth-order valence-electron chi connectivity index (χ4n) is 1.84. The molecule has 0 saturated heterocycles. The van der Waals surface area contributed by atoms with Gasteiger partial charge in [-0.2, -0.15) is 5.26 Å². The number of anilines is 1. The van der Waals surface area contributed by atoms with E-state index in [9.17, 15) is 4.79 Å². The summed E-state index contributed by atoms with van der Waals surface area (Å²) >= 11 is 0. The van der Waals surface area contributed by atoms with Gasteiger partial charge >= 0.3 is 0 Å². The second kappa shape index (κ2) is 8.86. The maximum absolute atomic E-state index is 12.3. The molecule has 20 heavy (non-hydrogen) atoms. The summed E-state index contributed by atoms with van der Waals surface area (Å²) in [5.41, 5.74) is 0.696. The average Bonchev–Trinajstić information content (AvgIpc) is 2.46. The highest BCUT2D eigenvalue weighted by Crippen LogP contribution is 2.13. The van der Waals surface area contributed by atoms with Gasteiger partial charge < -0.3 is 5.11 Å². The Labute approximate surface area is 119 Å². The van der Waals surface area contributed by atoms with Gasteiger partial charge in [0, 0.05) is 18.8 Å². The number of hydrogen-bond donors (Lipinski definition) is 1. The predicted molar refractivity (Wildman–Crippen MR) is 78.1 cm³/mol. The standard InChI is InChI=1S/C15H19N3O2/c1-2-9-17(11-12-19)13-15(20)18(10-8-16)14-6-4-3-5-7-14/h2-7,19H,1,9-13H2.